The molecule has 0 radical (unpaired) electrons. The number of nitrogens with one attached hydrogen (secondary N) is 3. The molecular formula is C21H23F3N6OS. The smallest absolute Gasteiger partial charge is 0.383 e. The molecule has 11 heteroatoms. The fraction of sp³-hybridized carbons (Fsp3) is 0.333. The van der Waals surface area contributed by atoms with Crippen LogP contribution in [0.1, 0.15) is 16.8 Å². The first kappa shape index (κ1) is 22.2. The van der Waals surface area contributed by atoms with Gasteiger partial charge in [0.1, 0.15) is 0 Å². The molecule has 3 heterocycles. The van der Waals surface area contributed by atoms with E-state index in [1.807, 2.05) is 13.8 Å². The van der Waals surface area contributed by atoms with Crippen LogP contribution in [0.3, 0.4) is 0 Å². The Kier molecular flexibility index (Phi) is 5.41. The third-order valence-corrected chi connectivity index (χ3v) is 6.24. The minimum absolute atomic E-state index is 0.0138. The first-order chi connectivity index (χ1) is 15.1. The number of ether oxygens (including phenoxy) is 1. The largest absolute Gasteiger partial charge is 0.436 e. The van der Waals surface area contributed by atoms with Gasteiger partial charge < -0.3 is 20.7 Å². The van der Waals surface area contributed by atoms with Gasteiger partial charge in [-0.05, 0) is 37.1 Å². The van der Waals surface area contributed by atoms with Crippen molar-refractivity contribution >= 4 is 39.1 Å². The molecule has 2 aromatic heterocycles. The summed E-state index contributed by atoms with van der Waals surface area (Å²) in [6.45, 7) is 12.3. The van der Waals surface area contributed by atoms with E-state index < -0.39 is 11.8 Å². The molecule has 32 heavy (non-hydrogen) atoms. The highest BCUT2D eigenvalue weighted by molar-refractivity contribution is 7.13. The van der Waals surface area contributed by atoms with Crippen molar-refractivity contribution in [3.63, 3.8) is 0 Å². The second-order valence-electron chi connectivity index (χ2n) is 7.57. The van der Waals surface area contributed by atoms with Crippen molar-refractivity contribution in [2.75, 3.05) is 30.9 Å². The number of nitrogens with zero attached hydrogens (tertiary/aromatic N) is 3. The van der Waals surface area contributed by atoms with Crippen LogP contribution in [0.4, 0.5) is 24.3 Å². The Bertz CT molecular complexity index is 1210. The van der Waals surface area contributed by atoms with Gasteiger partial charge in [-0.2, -0.15) is 13.2 Å². The summed E-state index contributed by atoms with van der Waals surface area (Å²) in [5.41, 5.74) is -0.0469. The zero-order chi connectivity index (χ0) is 23.3. The summed E-state index contributed by atoms with van der Waals surface area (Å²) in [6.07, 6.45) is -4.76. The van der Waals surface area contributed by atoms with Gasteiger partial charge in [-0.1, -0.05) is 13.2 Å². The number of imidazole rings is 1. The molecule has 0 fully saturated rings. The van der Waals surface area contributed by atoms with E-state index in [2.05, 4.69) is 39.1 Å². The third kappa shape index (κ3) is 3.41. The Morgan fingerprint density at radius 2 is 2.00 bits per heavy atom. The first-order valence-corrected chi connectivity index (χ1v) is 10.7. The molecule has 7 nitrogen and oxygen atoms in total. The van der Waals surface area contributed by atoms with Crippen molar-refractivity contribution in [1.82, 2.24) is 19.9 Å². The highest BCUT2D eigenvalue weighted by Crippen LogP contribution is 2.49. The van der Waals surface area contributed by atoms with E-state index in [1.165, 1.54) is 11.3 Å². The van der Waals surface area contributed by atoms with Gasteiger partial charge >= 0.3 is 6.18 Å². The maximum Gasteiger partial charge on any atom is 0.436 e. The Morgan fingerprint density at radius 1 is 1.28 bits per heavy atom. The van der Waals surface area contributed by atoms with Crippen LogP contribution < -0.4 is 16.0 Å². The number of aryl methyl sites for hydroxylation is 2. The fourth-order valence-corrected chi connectivity index (χ4v) is 4.41. The van der Waals surface area contributed by atoms with Crippen molar-refractivity contribution in [3.05, 3.63) is 53.2 Å². The molecule has 1 atom stereocenters. The molecular weight excluding hydrogens is 441 g/mol. The predicted octanol–water partition coefficient (Wildman–Crippen LogP) is 4.58. The number of methoxy groups -OCH3 is 1. The number of thiazole rings is 1. The summed E-state index contributed by atoms with van der Waals surface area (Å²) in [5.74, 6) is 0.0628. The number of anilines is 2. The maximum atomic E-state index is 14.7. The van der Waals surface area contributed by atoms with Crippen molar-refractivity contribution in [3.8, 4) is 0 Å². The molecule has 0 spiro atoms. The van der Waals surface area contributed by atoms with E-state index in [-0.39, 0.29) is 17.3 Å². The minimum Gasteiger partial charge on any atom is -0.383 e. The quantitative estimate of drug-likeness (QED) is 0.445. The average molecular weight is 465 g/mol. The highest BCUT2D eigenvalue weighted by atomic mass is 32.1. The molecule has 3 aromatic rings. The Labute approximate surface area is 187 Å². The second kappa shape index (κ2) is 7.82. The van der Waals surface area contributed by atoms with Gasteiger partial charge in [0.15, 0.2) is 5.13 Å². The topological polar surface area (TPSA) is 76.0 Å². The molecule has 0 saturated carbocycles. The van der Waals surface area contributed by atoms with Gasteiger partial charge in [0.05, 0.1) is 34.7 Å². The lowest BCUT2D eigenvalue weighted by atomic mass is 10.0. The lowest BCUT2D eigenvalue weighted by Crippen LogP contribution is -2.56. The van der Waals surface area contributed by atoms with E-state index in [0.717, 1.165) is 15.7 Å². The van der Waals surface area contributed by atoms with E-state index >= 15 is 0 Å². The van der Waals surface area contributed by atoms with Crippen LogP contribution >= 0.6 is 11.3 Å². The molecule has 1 aromatic carbocycles. The molecule has 170 valence electrons. The molecule has 1 aliphatic rings. The van der Waals surface area contributed by atoms with Crippen molar-refractivity contribution in [1.29, 1.82) is 0 Å². The number of halogens is 3. The summed E-state index contributed by atoms with van der Waals surface area (Å²) in [5, 5.41) is 10.5. The summed E-state index contributed by atoms with van der Waals surface area (Å²) >= 11 is 1.27. The van der Waals surface area contributed by atoms with Crippen LogP contribution in [-0.2, 0) is 10.4 Å². The van der Waals surface area contributed by atoms with Gasteiger partial charge in [0.2, 0.25) is 5.95 Å². The minimum atomic E-state index is -4.76. The van der Waals surface area contributed by atoms with Crippen LogP contribution in [0.5, 0.6) is 0 Å². The van der Waals surface area contributed by atoms with Gasteiger partial charge in [0, 0.05) is 19.0 Å². The Hall–Kier alpha value is -3.05. The SMILES string of the molecule is C=C(NC1(C(F)(F)F)C(=C)Nc2nc3cc(C)c(C)cc3n21)c1csc(NCCOC)n1. The number of fused-ring (bicyclic) bond motifs is 3. The summed E-state index contributed by atoms with van der Waals surface area (Å²) in [7, 11) is 1.58. The number of rotatable bonds is 7. The molecule has 4 rings (SSSR count). The fourth-order valence-electron chi connectivity index (χ4n) is 3.65. The van der Waals surface area contributed by atoms with Gasteiger partial charge in [-0.25, -0.2) is 9.97 Å². The average Bonchev–Trinajstić information content (AvgIpc) is 3.37. The second-order valence-corrected chi connectivity index (χ2v) is 8.43. The van der Waals surface area contributed by atoms with Gasteiger partial charge in [-0.15, -0.1) is 11.3 Å². The summed E-state index contributed by atoms with van der Waals surface area (Å²) < 4.78 is 50.2. The number of hydrogen-bond donors (Lipinski definition) is 3. The van der Waals surface area contributed by atoms with Crippen LogP contribution in [0.2, 0.25) is 0 Å². The van der Waals surface area contributed by atoms with Gasteiger partial charge in [0.25, 0.3) is 5.66 Å². The molecule has 0 saturated heterocycles. The summed E-state index contributed by atoms with van der Waals surface area (Å²) in [6, 6.07) is 3.47. The Morgan fingerprint density at radius 3 is 2.69 bits per heavy atom. The maximum absolute atomic E-state index is 14.7. The van der Waals surface area contributed by atoms with Crippen LogP contribution in [0, 0.1) is 13.8 Å². The third-order valence-electron chi connectivity index (χ3n) is 5.44. The van der Waals surface area contributed by atoms with E-state index in [1.54, 1.807) is 24.6 Å². The van der Waals surface area contributed by atoms with Crippen molar-refractivity contribution in [2.45, 2.75) is 25.7 Å². The van der Waals surface area contributed by atoms with Crippen LogP contribution in [-0.4, -0.2) is 41.0 Å². The van der Waals surface area contributed by atoms with E-state index in [4.69, 9.17) is 4.74 Å². The number of benzene rings is 1. The van der Waals surface area contributed by atoms with Crippen molar-refractivity contribution < 1.29 is 17.9 Å². The lowest BCUT2D eigenvalue weighted by Gasteiger charge is -2.36. The molecule has 0 bridgehead atoms. The zero-order valence-electron chi connectivity index (χ0n) is 17.9. The molecule has 0 aliphatic carbocycles. The molecule has 1 aliphatic heterocycles. The number of hydrogen-bond acceptors (Lipinski definition) is 7. The van der Waals surface area contributed by atoms with Crippen LogP contribution in [0.25, 0.3) is 16.7 Å². The van der Waals surface area contributed by atoms with Gasteiger partial charge in [-0.3, -0.25) is 4.57 Å². The zero-order valence-corrected chi connectivity index (χ0v) is 18.7. The summed E-state index contributed by atoms with van der Waals surface area (Å²) in [4.78, 5) is 8.71. The molecule has 3 N–H and O–H groups in total. The molecule has 0 amide bonds. The number of aromatic nitrogens is 3. The Balaban J connectivity index is 1.76. The molecule has 1 unspecified atom stereocenters. The first-order valence-electron chi connectivity index (χ1n) is 9.77. The standard InChI is InChI=1S/C21H23F3N6OS/c1-11-8-15-17(9-12(11)2)30-18(27-15)26-14(4)20(30,21(22,23)24)29-13(3)16-10-32-19(28-16)25-6-7-31-5/h8-10,29H,3-4,6-7H2,1-2,5H3,(H,25,28)(H,26,27). The van der Waals surface area contributed by atoms with E-state index in [9.17, 15) is 13.2 Å². The van der Waals surface area contributed by atoms with Crippen LogP contribution in [0.15, 0.2) is 36.4 Å². The normalized spacial score (nSPS) is 18.0. The highest BCUT2D eigenvalue weighted by Gasteiger charge is 2.63. The predicted molar refractivity (Wildman–Crippen MR) is 121 cm³/mol. The monoisotopic (exact) mass is 464 g/mol. The number of alkyl halides is 3. The van der Waals surface area contributed by atoms with E-state index in [0.29, 0.717) is 35.0 Å². The lowest BCUT2D eigenvalue weighted by molar-refractivity contribution is -0.203. The van der Waals surface area contributed by atoms with Crippen molar-refractivity contribution in [2.24, 2.45) is 0 Å².